The molecule has 0 aromatic heterocycles. The van der Waals surface area contributed by atoms with E-state index in [1.54, 1.807) is 0 Å². The summed E-state index contributed by atoms with van der Waals surface area (Å²) in [7, 11) is 1.96. The van der Waals surface area contributed by atoms with Gasteiger partial charge in [-0.15, -0.1) is 0 Å². The highest BCUT2D eigenvalue weighted by Gasteiger charge is 2.36. The van der Waals surface area contributed by atoms with E-state index in [0.717, 1.165) is 6.54 Å². The highest BCUT2D eigenvalue weighted by atomic mass is 15.1. The van der Waals surface area contributed by atoms with E-state index in [-0.39, 0.29) is 0 Å². The third kappa shape index (κ3) is 2.01. The van der Waals surface area contributed by atoms with Crippen LogP contribution in [0.4, 0.5) is 0 Å². The van der Waals surface area contributed by atoms with Gasteiger partial charge in [0.05, 0.1) is 6.34 Å². The van der Waals surface area contributed by atoms with Crippen molar-refractivity contribution in [3.8, 4) is 0 Å². The summed E-state index contributed by atoms with van der Waals surface area (Å²) in [4.78, 5) is 1.93. The van der Waals surface area contributed by atoms with Gasteiger partial charge in [-0.3, -0.25) is 5.41 Å². The lowest BCUT2D eigenvalue weighted by Crippen LogP contribution is -2.18. The van der Waals surface area contributed by atoms with Crippen molar-refractivity contribution in [2.24, 2.45) is 5.41 Å². The molecule has 10 heavy (non-hydrogen) atoms. The van der Waals surface area contributed by atoms with Crippen molar-refractivity contribution in [1.82, 2.24) is 4.90 Å². The van der Waals surface area contributed by atoms with Crippen LogP contribution in [-0.4, -0.2) is 24.8 Å². The van der Waals surface area contributed by atoms with E-state index in [9.17, 15) is 0 Å². The van der Waals surface area contributed by atoms with Crippen LogP contribution in [0.2, 0.25) is 0 Å². The van der Waals surface area contributed by atoms with Crippen molar-refractivity contribution in [3.05, 3.63) is 0 Å². The van der Waals surface area contributed by atoms with E-state index in [1.807, 2.05) is 11.9 Å². The first kappa shape index (κ1) is 7.58. The molecule has 0 aromatic rings. The van der Waals surface area contributed by atoms with E-state index in [0.29, 0.717) is 5.41 Å². The first-order valence-electron chi connectivity index (χ1n) is 3.87. The highest BCUT2D eigenvalue weighted by Crippen LogP contribution is 2.47. The molecular weight excluding hydrogens is 124 g/mol. The second-order valence-electron chi connectivity index (χ2n) is 3.67. The van der Waals surface area contributed by atoms with Crippen LogP contribution < -0.4 is 0 Å². The van der Waals surface area contributed by atoms with E-state index in [4.69, 9.17) is 5.41 Å². The molecule has 0 amide bonds. The molecule has 0 spiro atoms. The number of rotatable bonds is 4. The second kappa shape index (κ2) is 2.60. The van der Waals surface area contributed by atoms with Gasteiger partial charge in [-0.25, -0.2) is 0 Å². The summed E-state index contributed by atoms with van der Waals surface area (Å²) in [6.45, 7) is 3.37. The number of hydrogen-bond acceptors (Lipinski definition) is 1. The van der Waals surface area contributed by atoms with Crippen LogP contribution in [0.1, 0.15) is 26.2 Å². The van der Waals surface area contributed by atoms with Crippen LogP contribution in [0.15, 0.2) is 0 Å². The summed E-state index contributed by atoms with van der Waals surface area (Å²) in [5, 5.41) is 6.94. The van der Waals surface area contributed by atoms with Gasteiger partial charge in [0.1, 0.15) is 0 Å². The molecule has 1 aliphatic rings. The Bertz CT molecular complexity index is 127. The smallest absolute Gasteiger partial charge is 0.0814 e. The van der Waals surface area contributed by atoms with Gasteiger partial charge in [0.15, 0.2) is 0 Å². The Morgan fingerprint density at radius 2 is 2.20 bits per heavy atom. The largest absolute Gasteiger partial charge is 0.366 e. The van der Waals surface area contributed by atoms with Gasteiger partial charge in [-0.2, -0.15) is 0 Å². The topological polar surface area (TPSA) is 27.1 Å². The highest BCUT2D eigenvalue weighted by molar-refractivity contribution is 5.49. The number of nitrogens with zero attached hydrogens (tertiary/aromatic N) is 1. The molecule has 1 N–H and O–H groups in total. The van der Waals surface area contributed by atoms with Gasteiger partial charge in [0.25, 0.3) is 0 Å². The zero-order chi connectivity index (χ0) is 7.61. The Hall–Kier alpha value is -0.530. The molecular formula is C8H16N2. The summed E-state index contributed by atoms with van der Waals surface area (Å²) < 4.78 is 0. The van der Waals surface area contributed by atoms with Crippen molar-refractivity contribution in [2.45, 2.75) is 26.2 Å². The Morgan fingerprint density at radius 3 is 2.60 bits per heavy atom. The second-order valence-corrected chi connectivity index (χ2v) is 3.67. The molecule has 0 unspecified atom stereocenters. The summed E-state index contributed by atoms with van der Waals surface area (Å²) in [5.41, 5.74) is 0.636. The molecule has 0 radical (unpaired) electrons. The minimum absolute atomic E-state index is 0.636. The normalized spacial score (nSPS) is 20.2. The monoisotopic (exact) mass is 140 g/mol. The van der Waals surface area contributed by atoms with Crippen LogP contribution in [0.3, 0.4) is 0 Å². The minimum atomic E-state index is 0.636. The zero-order valence-electron chi connectivity index (χ0n) is 6.85. The molecule has 1 saturated carbocycles. The van der Waals surface area contributed by atoms with Crippen LogP contribution in [0.5, 0.6) is 0 Å². The summed E-state index contributed by atoms with van der Waals surface area (Å²) in [5.74, 6) is 0. The fourth-order valence-corrected chi connectivity index (χ4v) is 0.974. The maximum absolute atomic E-state index is 6.94. The Kier molecular flexibility index (Phi) is 1.97. The molecule has 0 aromatic carbocycles. The van der Waals surface area contributed by atoms with Crippen molar-refractivity contribution in [2.75, 3.05) is 13.6 Å². The fourth-order valence-electron chi connectivity index (χ4n) is 0.974. The Morgan fingerprint density at radius 1 is 1.60 bits per heavy atom. The quantitative estimate of drug-likeness (QED) is 0.467. The van der Waals surface area contributed by atoms with Gasteiger partial charge in [0.2, 0.25) is 0 Å². The number of hydrogen-bond donors (Lipinski definition) is 1. The standard InChI is InChI=1S/C8H16N2/c1-8(3-4-8)5-6-10(2)7-9/h7,9H,3-6H2,1-2H3. The van der Waals surface area contributed by atoms with Crippen molar-refractivity contribution >= 4 is 6.34 Å². The van der Waals surface area contributed by atoms with E-state index in [2.05, 4.69) is 6.92 Å². The first-order chi connectivity index (χ1) is 4.66. The minimum Gasteiger partial charge on any atom is -0.366 e. The van der Waals surface area contributed by atoms with Gasteiger partial charge in [0, 0.05) is 13.6 Å². The average molecular weight is 140 g/mol. The maximum atomic E-state index is 6.94. The molecule has 1 fully saturated rings. The SMILES string of the molecule is CN(C=N)CCC1(C)CC1. The lowest BCUT2D eigenvalue weighted by atomic mass is 10.1. The number of nitrogens with one attached hydrogen (secondary N) is 1. The Labute approximate surface area is 62.7 Å². The van der Waals surface area contributed by atoms with Crippen molar-refractivity contribution < 1.29 is 0 Å². The molecule has 2 nitrogen and oxygen atoms in total. The van der Waals surface area contributed by atoms with E-state index >= 15 is 0 Å². The fraction of sp³-hybridized carbons (Fsp3) is 0.875. The van der Waals surface area contributed by atoms with Gasteiger partial charge in [-0.05, 0) is 24.7 Å². The molecule has 1 rings (SSSR count). The molecule has 0 heterocycles. The van der Waals surface area contributed by atoms with Crippen LogP contribution >= 0.6 is 0 Å². The maximum Gasteiger partial charge on any atom is 0.0814 e. The third-order valence-corrected chi connectivity index (χ3v) is 2.39. The predicted molar refractivity (Wildman–Crippen MR) is 43.4 cm³/mol. The van der Waals surface area contributed by atoms with E-state index in [1.165, 1.54) is 25.6 Å². The van der Waals surface area contributed by atoms with Crippen molar-refractivity contribution in [3.63, 3.8) is 0 Å². The molecule has 58 valence electrons. The molecule has 0 atom stereocenters. The van der Waals surface area contributed by atoms with Gasteiger partial charge in [-0.1, -0.05) is 6.92 Å². The Balaban J connectivity index is 2.10. The van der Waals surface area contributed by atoms with Crippen LogP contribution in [0.25, 0.3) is 0 Å². The lowest BCUT2D eigenvalue weighted by molar-refractivity contribution is 0.414. The summed E-state index contributed by atoms with van der Waals surface area (Å²) in [6, 6.07) is 0. The predicted octanol–water partition coefficient (Wildman–Crippen LogP) is 1.72. The summed E-state index contributed by atoms with van der Waals surface area (Å²) >= 11 is 0. The first-order valence-corrected chi connectivity index (χ1v) is 3.87. The van der Waals surface area contributed by atoms with Gasteiger partial charge < -0.3 is 4.90 Å². The van der Waals surface area contributed by atoms with E-state index < -0.39 is 0 Å². The van der Waals surface area contributed by atoms with Gasteiger partial charge >= 0.3 is 0 Å². The average Bonchev–Trinajstić information content (AvgIpc) is 2.64. The molecule has 0 aliphatic heterocycles. The molecule has 2 heteroatoms. The van der Waals surface area contributed by atoms with Crippen LogP contribution in [-0.2, 0) is 0 Å². The molecule has 1 aliphatic carbocycles. The third-order valence-electron chi connectivity index (χ3n) is 2.39. The lowest BCUT2D eigenvalue weighted by Gasteiger charge is -2.14. The van der Waals surface area contributed by atoms with Crippen LogP contribution in [0, 0.1) is 10.8 Å². The summed E-state index contributed by atoms with van der Waals surface area (Å²) in [6.07, 6.45) is 5.42. The molecule has 0 saturated heterocycles. The van der Waals surface area contributed by atoms with Crippen molar-refractivity contribution in [1.29, 1.82) is 5.41 Å². The molecule has 0 bridgehead atoms. The zero-order valence-corrected chi connectivity index (χ0v) is 6.85.